The number of aromatic hydroxyl groups is 1. The van der Waals surface area contributed by atoms with Crippen LogP contribution in [-0.4, -0.2) is 43.0 Å². The molecule has 0 bridgehead atoms. The highest BCUT2D eigenvalue weighted by molar-refractivity contribution is 6.22. The number of fused-ring (bicyclic) bond motifs is 4. The normalized spacial score (nSPS) is 12.3. The molecule has 34 heavy (non-hydrogen) atoms. The predicted molar refractivity (Wildman–Crippen MR) is 123 cm³/mol. The highest BCUT2D eigenvalue weighted by atomic mass is 16.6. The lowest BCUT2D eigenvalue weighted by molar-refractivity contribution is 0.0553. The first kappa shape index (κ1) is 22.9. The molecule has 1 aliphatic rings. The summed E-state index contributed by atoms with van der Waals surface area (Å²) in [6.07, 6.45) is -0.722. The molecule has 0 aromatic heterocycles. The number of carbonyl (C=O) groups excluding carboxylic acids is 3. The van der Waals surface area contributed by atoms with E-state index in [4.69, 9.17) is 18.9 Å². The molecule has 1 amide bonds. The number of carbonyl (C=O) groups is 3. The smallest absolute Gasteiger partial charge is 0.419 e. The van der Waals surface area contributed by atoms with Gasteiger partial charge in [-0.3, -0.25) is 0 Å². The Balaban J connectivity index is 2.17. The number of anilines is 2. The van der Waals surface area contributed by atoms with E-state index in [1.165, 1.54) is 30.2 Å². The first-order valence-corrected chi connectivity index (χ1v) is 10.4. The molecule has 0 unspecified atom stereocenters. The molecule has 3 aromatic carbocycles. The topological polar surface area (TPSA) is 112 Å². The second-order valence-corrected chi connectivity index (χ2v) is 8.53. The van der Waals surface area contributed by atoms with Crippen molar-refractivity contribution in [2.24, 2.45) is 0 Å². The molecule has 176 valence electrons. The zero-order chi connectivity index (χ0) is 24.8. The van der Waals surface area contributed by atoms with Crippen molar-refractivity contribution in [3.05, 3.63) is 53.6 Å². The molecular formula is C25H23NO8. The third kappa shape index (κ3) is 3.75. The van der Waals surface area contributed by atoms with Crippen molar-refractivity contribution in [1.29, 1.82) is 0 Å². The molecule has 0 fully saturated rings. The Bertz CT molecular complexity index is 1340. The van der Waals surface area contributed by atoms with Crippen LogP contribution in [0.25, 0.3) is 10.8 Å². The number of hydrogen-bond donors (Lipinski definition) is 1. The average molecular weight is 465 g/mol. The molecule has 0 radical (unpaired) electrons. The van der Waals surface area contributed by atoms with E-state index < -0.39 is 23.6 Å². The van der Waals surface area contributed by atoms with Crippen LogP contribution in [0.1, 0.15) is 41.5 Å². The second-order valence-electron chi connectivity index (χ2n) is 8.53. The van der Waals surface area contributed by atoms with E-state index in [1.54, 1.807) is 45.0 Å². The summed E-state index contributed by atoms with van der Waals surface area (Å²) in [7, 11) is 2.32. The van der Waals surface area contributed by atoms with E-state index in [1.807, 2.05) is 0 Å². The highest BCUT2D eigenvalue weighted by Gasteiger charge is 2.40. The van der Waals surface area contributed by atoms with E-state index in [2.05, 4.69) is 0 Å². The Hall–Kier alpha value is -4.27. The van der Waals surface area contributed by atoms with Crippen LogP contribution in [0.5, 0.6) is 17.2 Å². The Kier molecular flexibility index (Phi) is 5.56. The van der Waals surface area contributed by atoms with E-state index in [-0.39, 0.29) is 39.4 Å². The summed E-state index contributed by atoms with van der Waals surface area (Å²) in [4.78, 5) is 40.6. The summed E-state index contributed by atoms with van der Waals surface area (Å²) in [5, 5.41) is 10.7. The van der Waals surface area contributed by atoms with Crippen LogP contribution < -0.4 is 9.64 Å². The minimum Gasteiger partial charge on any atom is -0.508 e. The van der Waals surface area contributed by atoms with Gasteiger partial charge in [-0.05, 0) is 51.1 Å². The van der Waals surface area contributed by atoms with Gasteiger partial charge < -0.3 is 24.1 Å². The van der Waals surface area contributed by atoms with Crippen LogP contribution in [0.4, 0.5) is 16.2 Å². The van der Waals surface area contributed by atoms with Gasteiger partial charge in [0.2, 0.25) is 0 Å². The summed E-state index contributed by atoms with van der Waals surface area (Å²) in [6, 6.07) is 10.9. The fourth-order valence-corrected chi connectivity index (χ4v) is 3.82. The second kappa shape index (κ2) is 8.26. The fourth-order valence-electron chi connectivity index (χ4n) is 3.82. The summed E-state index contributed by atoms with van der Waals surface area (Å²) in [6.45, 7) is 5.19. The average Bonchev–Trinajstić information content (AvgIpc) is 2.79. The minimum absolute atomic E-state index is 0.0741. The monoisotopic (exact) mass is 465 g/mol. The molecule has 9 nitrogen and oxygen atoms in total. The lowest BCUT2D eigenvalue weighted by Gasteiger charge is -2.34. The third-order valence-corrected chi connectivity index (χ3v) is 5.12. The van der Waals surface area contributed by atoms with Gasteiger partial charge in [0.15, 0.2) is 11.5 Å². The number of para-hydroxylation sites is 2. The summed E-state index contributed by atoms with van der Waals surface area (Å²) >= 11 is 0. The van der Waals surface area contributed by atoms with Crippen molar-refractivity contribution in [3.8, 4) is 17.2 Å². The summed E-state index contributed by atoms with van der Waals surface area (Å²) in [5.74, 6) is -1.69. The molecule has 0 atom stereocenters. The first-order valence-electron chi connectivity index (χ1n) is 10.4. The van der Waals surface area contributed by atoms with Crippen LogP contribution >= 0.6 is 0 Å². The van der Waals surface area contributed by atoms with Crippen molar-refractivity contribution in [3.63, 3.8) is 0 Å². The SMILES string of the molecule is COC(=O)c1c2c(c3ccc(O)cc3c1C(=O)OC)N(C(=O)OC(C)(C)C)c1ccccc1O2. The van der Waals surface area contributed by atoms with Crippen LogP contribution in [0.3, 0.4) is 0 Å². The van der Waals surface area contributed by atoms with Gasteiger partial charge >= 0.3 is 18.0 Å². The van der Waals surface area contributed by atoms with Crippen molar-refractivity contribution < 1.29 is 38.4 Å². The maximum Gasteiger partial charge on any atom is 0.419 e. The van der Waals surface area contributed by atoms with E-state index in [0.717, 1.165) is 7.11 Å². The number of phenols is 1. The lowest BCUT2D eigenvalue weighted by Crippen LogP contribution is -2.36. The number of nitrogens with zero attached hydrogens (tertiary/aromatic N) is 1. The molecule has 0 spiro atoms. The zero-order valence-corrected chi connectivity index (χ0v) is 19.3. The standard InChI is InChI=1S/C25H23NO8/c1-25(2,3)34-24(30)26-16-8-6-7-9-17(16)33-21-19(23(29)32-5)18(22(28)31-4)15-12-13(27)10-11-14(15)20(21)26/h6-12,27H,1-5H3. The van der Waals surface area contributed by atoms with Gasteiger partial charge in [-0.1, -0.05) is 12.1 Å². The van der Waals surface area contributed by atoms with E-state index in [9.17, 15) is 19.5 Å². The first-order chi connectivity index (χ1) is 16.1. The van der Waals surface area contributed by atoms with Gasteiger partial charge in [0.05, 0.1) is 25.5 Å². The van der Waals surface area contributed by atoms with Crippen LogP contribution in [0, 0.1) is 0 Å². The minimum atomic E-state index is -0.884. The number of phenolic OH excluding ortho intramolecular Hbond substituents is 1. The van der Waals surface area contributed by atoms with Crippen LogP contribution in [0.15, 0.2) is 42.5 Å². The van der Waals surface area contributed by atoms with E-state index in [0.29, 0.717) is 11.1 Å². The fraction of sp³-hybridized carbons (Fsp3) is 0.240. The molecular weight excluding hydrogens is 442 g/mol. The summed E-state index contributed by atoms with van der Waals surface area (Å²) in [5.41, 5.74) is -0.695. The number of benzene rings is 3. The zero-order valence-electron chi connectivity index (χ0n) is 19.3. The van der Waals surface area contributed by atoms with Gasteiger partial charge in [0.25, 0.3) is 0 Å². The molecule has 0 aliphatic carbocycles. The number of amides is 1. The Morgan fingerprint density at radius 3 is 2.21 bits per heavy atom. The number of ether oxygens (including phenoxy) is 4. The molecule has 0 saturated heterocycles. The summed E-state index contributed by atoms with van der Waals surface area (Å²) < 4.78 is 21.6. The van der Waals surface area contributed by atoms with Crippen LogP contribution in [-0.2, 0) is 14.2 Å². The molecule has 1 N–H and O–H groups in total. The van der Waals surface area contributed by atoms with Gasteiger partial charge in [0.1, 0.15) is 22.6 Å². The van der Waals surface area contributed by atoms with Gasteiger partial charge in [-0.2, -0.15) is 0 Å². The Morgan fingerprint density at radius 2 is 1.56 bits per heavy atom. The molecule has 1 heterocycles. The molecule has 9 heteroatoms. The van der Waals surface area contributed by atoms with Gasteiger partial charge in [-0.15, -0.1) is 0 Å². The maximum absolute atomic E-state index is 13.5. The van der Waals surface area contributed by atoms with Crippen molar-refractivity contribution in [1.82, 2.24) is 0 Å². The van der Waals surface area contributed by atoms with Gasteiger partial charge in [0, 0.05) is 10.8 Å². The number of methoxy groups -OCH3 is 2. The highest BCUT2D eigenvalue weighted by Crippen LogP contribution is 2.53. The van der Waals surface area contributed by atoms with Crippen molar-refractivity contribution >= 4 is 40.2 Å². The maximum atomic E-state index is 13.5. The Labute approximate surface area is 195 Å². The molecule has 4 rings (SSSR count). The van der Waals surface area contributed by atoms with Crippen molar-refractivity contribution in [2.45, 2.75) is 26.4 Å². The number of esters is 2. The van der Waals surface area contributed by atoms with Crippen LogP contribution in [0.2, 0.25) is 0 Å². The van der Waals surface area contributed by atoms with E-state index >= 15 is 0 Å². The molecule has 3 aromatic rings. The van der Waals surface area contributed by atoms with Crippen molar-refractivity contribution in [2.75, 3.05) is 19.1 Å². The largest absolute Gasteiger partial charge is 0.508 e. The molecule has 1 aliphatic heterocycles. The quantitative estimate of drug-likeness (QED) is 0.401. The number of rotatable bonds is 2. The lowest BCUT2D eigenvalue weighted by atomic mass is 9.94. The Morgan fingerprint density at radius 1 is 0.912 bits per heavy atom. The molecule has 0 saturated carbocycles. The number of hydrogen-bond acceptors (Lipinski definition) is 8. The third-order valence-electron chi connectivity index (χ3n) is 5.12. The van der Waals surface area contributed by atoms with Gasteiger partial charge in [-0.25, -0.2) is 19.3 Å². The predicted octanol–water partition coefficient (Wildman–Crippen LogP) is 5.30.